The molecule has 0 amide bonds. The monoisotopic (exact) mass is 344 g/mol. The lowest BCUT2D eigenvalue weighted by atomic mass is 10.1. The quantitative estimate of drug-likeness (QED) is 0.756. The highest BCUT2D eigenvalue weighted by Crippen LogP contribution is 2.56. The van der Waals surface area contributed by atoms with E-state index in [0.717, 1.165) is 18.7 Å². The van der Waals surface area contributed by atoms with E-state index in [9.17, 15) is 0 Å². The molecule has 1 aliphatic carbocycles. The zero-order chi connectivity index (χ0) is 15.0. The molecule has 2 atom stereocenters. The SMILES string of the molecule is CNC[C@H]1C[C@]1(Oc1cccc2ccccc12)c1cccs1.[Cl-]. The molecule has 1 N–H and O–H groups in total. The van der Waals surface area contributed by atoms with Gasteiger partial charge in [-0.15, -0.1) is 11.3 Å². The summed E-state index contributed by atoms with van der Waals surface area (Å²) in [4.78, 5) is 1.33. The van der Waals surface area contributed by atoms with Gasteiger partial charge < -0.3 is 22.5 Å². The maximum Gasteiger partial charge on any atom is 0.148 e. The van der Waals surface area contributed by atoms with Gasteiger partial charge in [-0.1, -0.05) is 42.5 Å². The third-order valence-corrected chi connectivity index (χ3v) is 5.51. The van der Waals surface area contributed by atoms with Gasteiger partial charge in [-0.05, 0) is 29.9 Å². The van der Waals surface area contributed by atoms with E-state index >= 15 is 0 Å². The minimum Gasteiger partial charge on any atom is -1.00 e. The highest BCUT2D eigenvalue weighted by atomic mass is 35.5. The number of halogens is 1. The lowest BCUT2D eigenvalue weighted by molar-refractivity contribution is -0.00000556. The normalized spacial score (nSPS) is 22.6. The van der Waals surface area contributed by atoms with Gasteiger partial charge in [-0.2, -0.15) is 0 Å². The van der Waals surface area contributed by atoms with Crippen LogP contribution in [0, 0.1) is 5.92 Å². The van der Waals surface area contributed by atoms with Crippen LogP contribution in [-0.4, -0.2) is 13.6 Å². The number of thiophene rings is 1. The Balaban J connectivity index is 0.00000156. The molecule has 3 aromatic rings. The van der Waals surface area contributed by atoms with Gasteiger partial charge >= 0.3 is 0 Å². The lowest BCUT2D eigenvalue weighted by Crippen LogP contribution is -3.00. The summed E-state index contributed by atoms with van der Waals surface area (Å²) in [6.07, 6.45) is 1.08. The van der Waals surface area contributed by atoms with Crippen molar-refractivity contribution in [3.05, 3.63) is 64.9 Å². The number of benzene rings is 2. The molecule has 1 fully saturated rings. The first kappa shape index (κ1) is 16.3. The number of hydrogen-bond donors (Lipinski definition) is 1. The molecule has 0 aliphatic heterocycles. The predicted octanol–water partition coefficient (Wildman–Crippen LogP) is 1.42. The Morgan fingerprint density at radius 3 is 2.74 bits per heavy atom. The minimum atomic E-state index is -0.151. The van der Waals surface area contributed by atoms with Crippen molar-refractivity contribution in [1.82, 2.24) is 5.32 Å². The van der Waals surface area contributed by atoms with Crippen LogP contribution < -0.4 is 22.5 Å². The molecule has 4 heteroatoms. The van der Waals surface area contributed by atoms with Crippen molar-refractivity contribution >= 4 is 22.1 Å². The Bertz CT molecular complexity index is 784. The first-order chi connectivity index (χ1) is 10.8. The summed E-state index contributed by atoms with van der Waals surface area (Å²) in [5, 5.41) is 7.85. The summed E-state index contributed by atoms with van der Waals surface area (Å²) in [6.45, 7) is 0.989. The number of hydrogen-bond acceptors (Lipinski definition) is 3. The van der Waals surface area contributed by atoms with Crippen molar-refractivity contribution in [2.45, 2.75) is 12.0 Å². The molecule has 0 spiro atoms. The fraction of sp³-hybridized carbons (Fsp3) is 0.263. The molecular weight excluding hydrogens is 326 g/mol. The highest BCUT2D eigenvalue weighted by molar-refractivity contribution is 7.10. The second kappa shape index (κ2) is 6.52. The van der Waals surface area contributed by atoms with Gasteiger partial charge in [-0.3, -0.25) is 0 Å². The van der Waals surface area contributed by atoms with Gasteiger partial charge in [0.25, 0.3) is 0 Å². The van der Waals surface area contributed by atoms with E-state index in [2.05, 4.69) is 65.3 Å². The molecule has 2 aromatic carbocycles. The molecule has 0 saturated heterocycles. The van der Waals surface area contributed by atoms with Gasteiger partial charge in [0.1, 0.15) is 11.4 Å². The van der Waals surface area contributed by atoms with E-state index in [-0.39, 0.29) is 18.0 Å². The smallest absolute Gasteiger partial charge is 0.148 e. The molecule has 0 unspecified atom stereocenters. The van der Waals surface area contributed by atoms with Gasteiger partial charge in [0.05, 0.1) is 0 Å². The zero-order valence-electron chi connectivity index (χ0n) is 13.0. The number of rotatable bonds is 5. The summed E-state index contributed by atoms with van der Waals surface area (Å²) < 4.78 is 6.61. The predicted molar refractivity (Wildman–Crippen MR) is 92.6 cm³/mol. The fourth-order valence-electron chi connectivity index (χ4n) is 3.27. The molecule has 0 bridgehead atoms. The molecule has 1 aliphatic rings. The number of fused-ring (bicyclic) bond motifs is 1. The van der Waals surface area contributed by atoms with E-state index in [1.54, 1.807) is 11.3 Å². The van der Waals surface area contributed by atoms with E-state index in [1.165, 1.54) is 15.6 Å². The van der Waals surface area contributed by atoms with Crippen LogP contribution in [0.5, 0.6) is 5.75 Å². The van der Waals surface area contributed by atoms with Crippen molar-refractivity contribution in [3.63, 3.8) is 0 Å². The first-order valence-electron chi connectivity index (χ1n) is 7.69. The molecule has 120 valence electrons. The maximum absolute atomic E-state index is 6.61. The summed E-state index contributed by atoms with van der Waals surface area (Å²) in [5.74, 6) is 1.53. The molecule has 4 rings (SSSR count). The van der Waals surface area contributed by atoms with E-state index < -0.39 is 0 Å². The topological polar surface area (TPSA) is 21.3 Å². The average Bonchev–Trinajstić information content (AvgIpc) is 2.99. The Hall–Kier alpha value is -1.55. The zero-order valence-corrected chi connectivity index (χ0v) is 14.5. The van der Waals surface area contributed by atoms with Crippen molar-refractivity contribution < 1.29 is 17.1 Å². The van der Waals surface area contributed by atoms with Gasteiger partial charge in [0, 0.05) is 29.1 Å². The van der Waals surface area contributed by atoms with Crippen LogP contribution in [0.15, 0.2) is 60.0 Å². The van der Waals surface area contributed by atoms with Crippen molar-refractivity contribution in [3.8, 4) is 5.75 Å². The molecule has 1 heterocycles. The third-order valence-electron chi connectivity index (χ3n) is 4.48. The van der Waals surface area contributed by atoms with E-state index in [4.69, 9.17) is 4.74 Å². The number of ether oxygens (including phenoxy) is 1. The van der Waals surface area contributed by atoms with Gasteiger partial charge in [-0.25, -0.2) is 0 Å². The average molecular weight is 345 g/mol. The summed E-state index contributed by atoms with van der Waals surface area (Å²) >= 11 is 1.79. The van der Waals surface area contributed by atoms with Crippen LogP contribution >= 0.6 is 11.3 Å². The first-order valence-corrected chi connectivity index (χ1v) is 8.57. The van der Waals surface area contributed by atoms with Crippen LogP contribution in [0.1, 0.15) is 11.3 Å². The van der Waals surface area contributed by atoms with Crippen LogP contribution in [0.25, 0.3) is 10.8 Å². The highest BCUT2D eigenvalue weighted by Gasteiger charge is 2.58. The summed E-state index contributed by atoms with van der Waals surface area (Å²) in [7, 11) is 2.01. The minimum absolute atomic E-state index is 0. The maximum atomic E-state index is 6.61. The van der Waals surface area contributed by atoms with Crippen LogP contribution in [-0.2, 0) is 5.60 Å². The fourth-order valence-corrected chi connectivity index (χ4v) is 4.22. The Morgan fingerprint density at radius 2 is 1.96 bits per heavy atom. The second-order valence-corrected chi connectivity index (χ2v) is 6.85. The number of nitrogens with one attached hydrogen (secondary N) is 1. The van der Waals surface area contributed by atoms with Crippen molar-refractivity contribution in [2.75, 3.05) is 13.6 Å². The summed E-state index contributed by atoms with van der Waals surface area (Å²) in [6, 6.07) is 19.0. The molecule has 0 radical (unpaired) electrons. The van der Waals surface area contributed by atoms with Crippen LogP contribution in [0.3, 0.4) is 0 Å². The van der Waals surface area contributed by atoms with E-state index in [1.807, 2.05) is 7.05 Å². The van der Waals surface area contributed by atoms with Gasteiger partial charge in [0.2, 0.25) is 0 Å². The van der Waals surface area contributed by atoms with Crippen molar-refractivity contribution in [2.24, 2.45) is 5.92 Å². The third kappa shape index (κ3) is 2.85. The second-order valence-electron chi connectivity index (χ2n) is 5.90. The van der Waals surface area contributed by atoms with Crippen LogP contribution in [0.2, 0.25) is 0 Å². The Labute approximate surface area is 146 Å². The lowest BCUT2D eigenvalue weighted by Gasteiger charge is -2.20. The Kier molecular flexibility index (Phi) is 4.62. The summed E-state index contributed by atoms with van der Waals surface area (Å²) in [5.41, 5.74) is -0.151. The molecule has 23 heavy (non-hydrogen) atoms. The van der Waals surface area contributed by atoms with Gasteiger partial charge in [0.15, 0.2) is 0 Å². The van der Waals surface area contributed by atoms with Crippen LogP contribution in [0.4, 0.5) is 0 Å². The largest absolute Gasteiger partial charge is 1.00 e. The van der Waals surface area contributed by atoms with E-state index in [0.29, 0.717) is 5.92 Å². The molecule has 2 nitrogen and oxygen atoms in total. The standard InChI is InChI=1S/C19H19NOS.ClH/c1-20-13-15-12-19(15,18-10-5-11-22-18)21-17-9-4-7-14-6-2-3-8-16(14)17;/h2-11,15,20H,12-13H2,1H3;1H/p-1/t15-,19-;/m1./s1. The van der Waals surface area contributed by atoms with Crippen molar-refractivity contribution in [1.29, 1.82) is 0 Å². The molecular formula is C19H19ClNOS-. The molecule has 1 aromatic heterocycles. The Morgan fingerprint density at radius 1 is 1.13 bits per heavy atom. The molecule has 1 saturated carbocycles.